The Morgan fingerprint density at radius 2 is 2.22 bits per heavy atom. The zero-order valence-electron chi connectivity index (χ0n) is 10.8. The van der Waals surface area contributed by atoms with Gasteiger partial charge >= 0.3 is 0 Å². The van der Waals surface area contributed by atoms with Crippen molar-refractivity contribution in [1.29, 1.82) is 0 Å². The van der Waals surface area contributed by atoms with Gasteiger partial charge < -0.3 is 10.6 Å². The lowest BCUT2D eigenvalue weighted by Crippen LogP contribution is -2.34. The van der Waals surface area contributed by atoms with Gasteiger partial charge in [-0.2, -0.15) is 0 Å². The summed E-state index contributed by atoms with van der Waals surface area (Å²) in [5.74, 6) is 0.644. The molecule has 0 saturated carbocycles. The van der Waals surface area contributed by atoms with Crippen LogP contribution in [0.3, 0.4) is 0 Å². The zero-order valence-corrected chi connectivity index (χ0v) is 13.2. The molecule has 0 bridgehead atoms. The van der Waals surface area contributed by atoms with Gasteiger partial charge in [-0.05, 0) is 37.0 Å². The molecule has 1 saturated heterocycles. The lowest BCUT2D eigenvalue weighted by Gasteiger charge is -2.31. The molecule has 1 aromatic carbocycles. The summed E-state index contributed by atoms with van der Waals surface area (Å²) < 4.78 is 1.08. The zero-order chi connectivity index (χ0) is 13.3. The largest absolute Gasteiger partial charge is 0.389 e. The minimum Gasteiger partial charge on any atom is -0.389 e. The van der Waals surface area contributed by atoms with Crippen molar-refractivity contribution in [2.24, 2.45) is 11.7 Å². The number of thiocarbonyl (C=S) groups is 1. The van der Waals surface area contributed by atoms with Gasteiger partial charge in [0.05, 0.1) is 0 Å². The number of nitrogens with zero attached hydrogens (tertiary/aromatic N) is 1. The van der Waals surface area contributed by atoms with E-state index in [0.717, 1.165) is 16.6 Å². The fourth-order valence-corrected chi connectivity index (χ4v) is 3.26. The van der Waals surface area contributed by atoms with Crippen LogP contribution < -0.4 is 10.6 Å². The maximum Gasteiger partial charge on any atom is 0.106 e. The van der Waals surface area contributed by atoms with Gasteiger partial charge in [-0.1, -0.05) is 42.0 Å². The van der Waals surface area contributed by atoms with E-state index >= 15 is 0 Å². The monoisotopic (exact) mass is 326 g/mol. The summed E-state index contributed by atoms with van der Waals surface area (Å²) in [6.07, 6.45) is 2.49. The van der Waals surface area contributed by atoms with Gasteiger partial charge in [-0.15, -0.1) is 0 Å². The van der Waals surface area contributed by atoms with Crippen LogP contribution in [0.25, 0.3) is 0 Å². The molecular formula is C14H19BrN2S. The van der Waals surface area contributed by atoms with E-state index in [9.17, 15) is 0 Å². The molecule has 2 N–H and O–H groups in total. The Kier molecular flexibility index (Phi) is 4.28. The molecule has 2 nitrogen and oxygen atoms in total. The molecule has 1 aliphatic rings. The van der Waals surface area contributed by atoms with E-state index in [1.54, 1.807) is 0 Å². The minimum absolute atomic E-state index is 0.479. The Morgan fingerprint density at radius 1 is 1.50 bits per heavy atom. The molecule has 0 radical (unpaired) electrons. The number of nitrogens with two attached hydrogens (primary N) is 1. The van der Waals surface area contributed by atoms with Crippen molar-refractivity contribution < 1.29 is 0 Å². The summed E-state index contributed by atoms with van der Waals surface area (Å²) in [7, 11) is 0. The molecule has 2 rings (SSSR count). The molecule has 98 valence electrons. The Labute approximate surface area is 123 Å². The third-order valence-electron chi connectivity index (χ3n) is 3.60. The third-order valence-corrected chi connectivity index (χ3v) is 4.32. The Morgan fingerprint density at radius 3 is 2.83 bits per heavy atom. The number of anilines is 1. The molecule has 4 heteroatoms. The van der Waals surface area contributed by atoms with Crippen LogP contribution in [0.4, 0.5) is 5.69 Å². The maximum absolute atomic E-state index is 5.84. The molecule has 1 atom stereocenters. The van der Waals surface area contributed by atoms with Crippen molar-refractivity contribution in [2.75, 3.05) is 11.4 Å². The summed E-state index contributed by atoms with van der Waals surface area (Å²) >= 11 is 8.71. The Balaban J connectivity index is 2.42. The molecule has 0 spiro atoms. The predicted octanol–water partition coefficient (Wildman–Crippen LogP) is 3.71. The van der Waals surface area contributed by atoms with Gasteiger partial charge in [0.1, 0.15) is 4.99 Å². The van der Waals surface area contributed by atoms with E-state index in [2.05, 4.69) is 40.7 Å². The Hall–Kier alpha value is -0.610. The first-order valence-corrected chi connectivity index (χ1v) is 7.57. The van der Waals surface area contributed by atoms with E-state index in [-0.39, 0.29) is 0 Å². The lowest BCUT2D eigenvalue weighted by atomic mass is 10.0. The van der Waals surface area contributed by atoms with Gasteiger partial charge in [0, 0.05) is 28.3 Å². The van der Waals surface area contributed by atoms with Crippen LogP contribution in [-0.2, 0) is 0 Å². The highest BCUT2D eigenvalue weighted by Gasteiger charge is 2.29. The van der Waals surface area contributed by atoms with E-state index in [4.69, 9.17) is 18.0 Å². The molecule has 1 aromatic rings. The number of benzene rings is 1. The molecule has 1 aliphatic heterocycles. The van der Waals surface area contributed by atoms with E-state index in [1.165, 1.54) is 18.5 Å². The molecule has 18 heavy (non-hydrogen) atoms. The first-order chi connectivity index (χ1) is 8.50. The van der Waals surface area contributed by atoms with Gasteiger partial charge in [0.2, 0.25) is 0 Å². The quantitative estimate of drug-likeness (QED) is 0.858. The summed E-state index contributed by atoms with van der Waals surface area (Å²) in [6, 6.07) is 6.73. The normalized spacial score (nSPS) is 19.6. The van der Waals surface area contributed by atoms with Crippen molar-refractivity contribution in [2.45, 2.75) is 32.7 Å². The van der Waals surface area contributed by atoms with E-state index in [1.807, 2.05) is 12.1 Å². The smallest absolute Gasteiger partial charge is 0.106 e. The van der Waals surface area contributed by atoms with E-state index < -0.39 is 0 Å². The minimum atomic E-state index is 0.479. The SMILES string of the molecule is CC(C)C1CCCN1c1cc(Br)ccc1C(N)=S. The molecule has 1 heterocycles. The van der Waals surface area contributed by atoms with Crippen LogP contribution in [0.15, 0.2) is 22.7 Å². The van der Waals surface area contributed by atoms with Crippen molar-refractivity contribution in [3.63, 3.8) is 0 Å². The molecule has 0 amide bonds. The van der Waals surface area contributed by atoms with Gasteiger partial charge in [0.25, 0.3) is 0 Å². The van der Waals surface area contributed by atoms with Crippen LogP contribution >= 0.6 is 28.1 Å². The number of hydrogen-bond acceptors (Lipinski definition) is 2. The predicted molar refractivity (Wildman–Crippen MR) is 85.2 cm³/mol. The van der Waals surface area contributed by atoms with Crippen LogP contribution in [0.5, 0.6) is 0 Å². The lowest BCUT2D eigenvalue weighted by molar-refractivity contribution is 0.492. The van der Waals surface area contributed by atoms with Crippen LogP contribution in [0.1, 0.15) is 32.3 Å². The second-order valence-electron chi connectivity index (χ2n) is 5.17. The van der Waals surface area contributed by atoms with Crippen LogP contribution in [0.2, 0.25) is 0 Å². The summed E-state index contributed by atoms with van der Waals surface area (Å²) in [4.78, 5) is 2.94. The highest BCUT2D eigenvalue weighted by Crippen LogP contribution is 2.33. The number of hydrogen-bond donors (Lipinski definition) is 1. The second kappa shape index (κ2) is 5.57. The summed E-state index contributed by atoms with van der Waals surface area (Å²) in [5.41, 5.74) is 8.00. The summed E-state index contributed by atoms with van der Waals surface area (Å²) in [5, 5.41) is 0. The molecule has 1 fully saturated rings. The average Bonchev–Trinajstić information content (AvgIpc) is 2.77. The van der Waals surface area contributed by atoms with Crippen molar-refractivity contribution in [3.8, 4) is 0 Å². The molecule has 0 aliphatic carbocycles. The highest BCUT2D eigenvalue weighted by atomic mass is 79.9. The molecular weight excluding hydrogens is 308 g/mol. The van der Waals surface area contributed by atoms with Crippen LogP contribution in [-0.4, -0.2) is 17.6 Å². The highest BCUT2D eigenvalue weighted by molar-refractivity contribution is 9.10. The fraction of sp³-hybridized carbons (Fsp3) is 0.500. The first-order valence-electron chi connectivity index (χ1n) is 6.36. The van der Waals surface area contributed by atoms with Crippen LogP contribution in [0, 0.1) is 5.92 Å². The van der Waals surface area contributed by atoms with Gasteiger partial charge in [0.15, 0.2) is 0 Å². The standard InChI is InChI=1S/C14H19BrN2S/c1-9(2)12-4-3-7-17(12)13-8-10(15)5-6-11(13)14(16)18/h5-6,8-9,12H,3-4,7H2,1-2H3,(H2,16,18). The average molecular weight is 327 g/mol. The number of rotatable bonds is 3. The van der Waals surface area contributed by atoms with Crippen molar-refractivity contribution >= 4 is 38.8 Å². The Bertz CT molecular complexity index is 459. The second-order valence-corrected chi connectivity index (χ2v) is 6.53. The van der Waals surface area contributed by atoms with E-state index in [0.29, 0.717) is 16.9 Å². The number of halogens is 1. The maximum atomic E-state index is 5.84. The van der Waals surface area contributed by atoms with Gasteiger partial charge in [-0.25, -0.2) is 0 Å². The third kappa shape index (κ3) is 2.69. The summed E-state index contributed by atoms with van der Waals surface area (Å²) in [6.45, 7) is 5.65. The topological polar surface area (TPSA) is 29.3 Å². The molecule has 0 aromatic heterocycles. The fourth-order valence-electron chi connectivity index (χ4n) is 2.74. The molecule has 1 unspecified atom stereocenters. The van der Waals surface area contributed by atoms with Gasteiger partial charge in [-0.3, -0.25) is 0 Å². The van der Waals surface area contributed by atoms with Crippen molar-refractivity contribution in [3.05, 3.63) is 28.2 Å². The first kappa shape index (κ1) is 13.8. The van der Waals surface area contributed by atoms with Crippen molar-refractivity contribution in [1.82, 2.24) is 0 Å².